The van der Waals surface area contributed by atoms with Crippen LogP contribution in [0.5, 0.6) is 0 Å². The summed E-state index contributed by atoms with van der Waals surface area (Å²) in [5, 5.41) is 13.0. The minimum atomic E-state index is -0.355. The molecule has 21 heavy (non-hydrogen) atoms. The summed E-state index contributed by atoms with van der Waals surface area (Å²) in [6.07, 6.45) is 3.42. The summed E-state index contributed by atoms with van der Waals surface area (Å²) in [5.41, 5.74) is 2.72. The van der Waals surface area contributed by atoms with Crippen molar-refractivity contribution in [1.29, 1.82) is 5.26 Å². The van der Waals surface area contributed by atoms with Gasteiger partial charge in [-0.05, 0) is 30.5 Å². The van der Waals surface area contributed by atoms with E-state index in [1.54, 1.807) is 12.1 Å². The van der Waals surface area contributed by atoms with Gasteiger partial charge in [-0.3, -0.25) is 0 Å². The second-order valence-corrected chi connectivity index (χ2v) is 5.35. The predicted octanol–water partition coefficient (Wildman–Crippen LogP) is 2.75. The molecule has 1 spiro atoms. The molecular formula is C16H18N2O3. The van der Waals surface area contributed by atoms with Crippen LogP contribution in [-0.2, 0) is 20.9 Å². The molecular weight excluding hydrogens is 268 g/mol. The fourth-order valence-electron chi connectivity index (χ4n) is 2.67. The van der Waals surface area contributed by atoms with Crippen LogP contribution in [0.25, 0.3) is 0 Å². The van der Waals surface area contributed by atoms with Gasteiger partial charge >= 0.3 is 0 Å². The second kappa shape index (κ2) is 6.25. The van der Waals surface area contributed by atoms with Gasteiger partial charge in [-0.15, -0.1) is 0 Å². The quantitative estimate of drug-likeness (QED) is 0.801. The molecule has 0 aromatic heterocycles. The van der Waals surface area contributed by atoms with Crippen LogP contribution < -0.4 is 0 Å². The topological polar surface area (TPSA) is 63.8 Å². The van der Waals surface area contributed by atoms with E-state index in [0.717, 1.165) is 37.0 Å². The third-order valence-corrected chi connectivity index (χ3v) is 3.91. The van der Waals surface area contributed by atoms with E-state index >= 15 is 0 Å². The fourth-order valence-corrected chi connectivity index (χ4v) is 2.67. The van der Waals surface area contributed by atoms with Crippen molar-refractivity contribution >= 4 is 5.71 Å². The average molecular weight is 286 g/mol. The molecule has 1 heterocycles. The molecule has 1 saturated heterocycles. The van der Waals surface area contributed by atoms with Crippen molar-refractivity contribution in [3.8, 4) is 6.07 Å². The van der Waals surface area contributed by atoms with Gasteiger partial charge in [0.05, 0.1) is 30.6 Å². The maximum Gasteiger partial charge on any atom is 0.169 e. The molecule has 5 nitrogen and oxygen atoms in total. The number of hydrogen-bond donors (Lipinski definition) is 0. The monoisotopic (exact) mass is 286 g/mol. The summed E-state index contributed by atoms with van der Waals surface area (Å²) in [6, 6.07) is 9.43. The predicted molar refractivity (Wildman–Crippen MR) is 76.5 cm³/mol. The lowest BCUT2D eigenvalue weighted by Crippen LogP contribution is -2.35. The highest BCUT2D eigenvalue weighted by Gasteiger charge is 2.39. The van der Waals surface area contributed by atoms with E-state index < -0.39 is 0 Å². The highest BCUT2D eigenvalue weighted by atomic mass is 16.7. The Kier molecular flexibility index (Phi) is 4.18. The molecule has 1 aliphatic heterocycles. The van der Waals surface area contributed by atoms with Gasteiger partial charge < -0.3 is 14.3 Å². The Morgan fingerprint density at radius 1 is 1.14 bits per heavy atom. The Morgan fingerprint density at radius 3 is 2.43 bits per heavy atom. The molecule has 3 rings (SSSR count). The minimum absolute atomic E-state index is 0.355. The zero-order valence-electron chi connectivity index (χ0n) is 11.9. The van der Waals surface area contributed by atoms with E-state index in [9.17, 15) is 0 Å². The summed E-state index contributed by atoms with van der Waals surface area (Å²) < 4.78 is 11.4. The first-order valence-electron chi connectivity index (χ1n) is 7.24. The minimum Gasteiger partial charge on any atom is -0.391 e. The van der Waals surface area contributed by atoms with Crippen molar-refractivity contribution in [1.82, 2.24) is 0 Å². The first-order valence-corrected chi connectivity index (χ1v) is 7.24. The molecule has 1 aliphatic carbocycles. The average Bonchev–Trinajstić information content (AvgIpc) is 2.98. The lowest BCUT2D eigenvalue weighted by molar-refractivity contribution is -0.168. The third-order valence-electron chi connectivity index (χ3n) is 3.91. The van der Waals surface area contributed by atoms with Crippen molar-refractivity contribution in [2.45, 2.75) is 38.1 Å². The molecule has 0 atom stereocenters. The first kappa shape index (κ1) is 14.1. The smallest absolute Gasteiger partial charge is 0.169 e. The number of benzene rings is 1. The maximum atomic E-state index is 8.74. The number of oxime groups is 1. The summed E-state index contributed by atoms with van der Waals surface area (Å²) >= 11 is 0. The van der Waals surface area contributed by atoms with E-state index in [1.807, 2.05) is 12.1 Å². The second-order valence-electron chi connectivity index (χ2n) is 5.35. The van der Waals surface area contributed by atoms with Gasteiger partial charge in [-0.1, -0.05) is 17.3 Å². The molecule has 1 saturated carbocycles. The Morgan fingerprint density at radius 2 is 1.81 bits per heavy atom. The Balaban J connectivity index is 1.47. The van der Waals surface area contributed by atoms with Crippen LogP contribution >= 0.6 is 0 Å². The molecule has 0 unspecified atom stereocenters. The highest BCUT2D eigenvalue weighted by molar-refractivity contribution is 5.84. The number of hydrogen-bond acceptors (Lipinski definition) is 5. The van der Waals surface area contributed by atoms with E-state index in [4.69, 9.17) is 19.6 Å². The van der Waals surface area contributed by atoms with Crippen LogP contribution in [0.15, 0.2) is 29.4 Å². The van der Waals surface area contributed by atoms with E-state index in [2.05, 4.69) is 11.2 Å². The van der Waals surface area contributed by atoms with Gasteiger partial charge in [-0.2, -0.15) is 5.26 Å². The largest absolute Gasteiger partial charge is 0.391 e. The third kappa shape index (κ3) is 3.41. The van der Waals surface area contributed by atoms with Crippen molar-refractivity contribution < 1.29 is 14.3 Å². The molecule has 0 amide bonds. The molecule has 0 radical (unpaired) electrons. The van der Waals surface area contributed by atoms with Crippen LogP contribution in [0.4, 0.5) is 0 Å². The number of nitrogens with zero attached hydrogens (tertiary/aromatic N) is 2. The first-order chi connectivity index (χ1) is 10.3. The van der Waals surface area contributed by atoms with Crippen LogP contribution in [0.3, 0.4) is 0 Å². The molecule has 1 aromatic carbocycles. The van der Waals surface area contributed by atoms with E-state index in [-0.39, 0.29) is 5.79 Å². The van der Waals surface area contributed by atoms with Crippen LogP contribution in [0.2, 0.25) is 0 Å². The summed E-state index contributed by atoms with van der Waals surface area (Å²) in [4.78, 5) is 5.41. The van der Waals surface area contributed by atoms with Gasteiger partial charge in [0.1, 0.15) is 6.61 Å². The number of rotatable bonds is 3. The zero-order chi connectivity index (χ0) is 14.5. The van der Waals surface area contributed by atoms with Crippen molar-refractivity contribution in [3.05, 3.63) is 35.4 Å². The normalized spacial score (nSPS) is 20.2. The summed E-state index contributed by atoms with van der Waals surface area (Å²) in [7, 11) is 0. The van der Waals surface area contributed by atoms with E-state index in [0.29, 0.717) is 25.4 Å². The highest BCUT2D eigenvalue weighted by Crippen LogP contribution is 2.34. The van der Waals surface area contributed by atoms with Crippen LogP contribution in [0, 0.1) is 11.3 Å². The number of ether oxygens (including phenoxy) is 2. The van der Waals surface area contributed by atoms with Crippen molar-refractivity contribution in [2.75, 3.05) is 13.2 Å². The molecule has 2 fully saturated rings. The van der Waals surface area contributed by atoms with E-state index in [1.165, 1.54) is 0 Å². The molecule has 1 aromatic rings. The summed E-state index contributed by atoms with van der Waals surface area (Å²) in [5.74, 6) is -0.355. The van der Waals surface area contributed by atoms with Gasteiger partial charge in [-0.25, -0.2) is 0 Å². The molecule has 5 heteroatoms. The Labute approximate surface area is 124 Å². The molecule has 0 bridgehead atoms. The maximum absolute atomic E-state index is 8.74. The van der Waals surface area contributed by atoms with Gasteiger partial charge in [0.2, 0.25) is 0 Å². The van der Waals surface area contributed by atoms with Crippen molar-refractivity contribution in [2.24, 2.45) is 5.16 Å². The number of nitriles is 1. The van der Waals surface area contributed by atoms with Crippen molar-refractivity contribution in [3.63, 3.8) is 0 Å². The summed E-state index contributed by atoms with van der Waals surface area (Å²) in [6.45, 7) is 1.82. The SMILES string of the molecule is N#Cc1ccc(CON=C2CCC3(CC2)OCCO3)cc1. The van der Waals surface area contributed by atoms with Gasteiger partial charge in [0.15, 0.2) is 5.79 Å². The lowest BCUT2D eigenvalue weighted by Gasteiger charge is -2.31. The van der Waals surface area contributed by atoms with Gasteiger partial charge in [0.25, 0.3) is 0 Å². The Hall–Kier alpha value is -1.90. The van der Waals surface area contributed by atoms with Gasteiger partial charge in [0, 0.05) is 12.8 Å². The molecule has 110 valence electrons. The van der Waals surface area contributed by atoms with Crippen LogP contribution in [0.1, 0.15) is 36.8 Å². The molecule has 2 aliphatic rings. The molecule has 0 N–H and O–H groups in total. The Bertz CT molecular complexity index is 542. The zero-order valence-corrected chi connectivity index (χ0v) is 11.9. The standard InChI is InChI=1S/C16H18N2O3/c17-11-13-1-3-14(4-2-13)12-21-18-15-5-7-16(8-6-15)19-9-10-20-16/h1-4H,5-10,12H2. The lowest BCUT2D eigenvalue weighted by atomic mass is 9.92. The van der Waals surface area contributed by atoms with Crippen LogP contribution in [-0.4, -0.2) is 24.7 Å². The fraction of sp³-hybridized carbons (Fsp3) is 0.500.